The van der Waals surface area contributed by atoms with E-state index >= 15 is 0 Å². The number of para-hydroxylation sites is 9. The van der Waals surface area contributed by atoms with Crippen LogP contribution in [-0.2, 0) is 25.7 Å². The summed E-state index contributed by atoms with van der Waals surface area (Å²) in [5, 5.41) is 0. The van der Waals surface area contributed by atoms with Crippen molar-refractivity contribution in [3.8, 4) is 0 Å². The molecule has 4 heterocycles. The van der Waals surface area contributed by atoms with Gasteiger partial charge in [-0.25, -0.2) is 0 Å². The molecule has 5 nitrogen and oxygen atoms in total. The molecule has 0 unspecified atom stereocenters. The minimum absolute atomic E-state index is 0.0238. The van der Waals surface area contributed by atoms with Gasteiger partial charge >= 0.3 is 529 Å². The van der Waals surface area contributed by atoms with E-state index in [2.05, 4.69) is 325 Å². The molecular weight excluding hydrogens is 1130 g/mol. The number of nitrogens with zero attached hydrogens (tertiary/aromatic N) is 5. The van der Waals surface area contributed by atoms with Crippen LogP contribution in [0.1, 0.15) is 49.9 Å². The fourth-order valence-electron chi connectivity index (χ4n) is 14.9. The summed E-state index contributed by atoms with van der Waals surface area (Å²) >= 11 is -0.120. The Morgan fingerprint density at radius 3 is 1.05 bits per heavy atom. The van der Waals surface area contributed by atoms with Crippen molar-refractivity contribution in [3.05, 3.63) is 295 Å². The van der Waals surface area contributed by atoms with Crippen molar-refractivity contribution < 1.29 is 0 Å². The average Bonchev–Trinajstić information content (AvgIpc) is 0.723. The van der Waals surface area contributed by atoms with Gasteiger partial charge in [0.25, 0.3) is 0 Å². The third-order valence-electron chi connectivity index (χ3n) is 18.8. The molecule has 88 heavy (non-hydrogen) atoms. The average molecular weight is 1200 g/mol. The molecule has 0 saturated carbocycles. The molecule has 0 aliphatic carbocycles. The summed E-state index contributed by atoms with van der Waals surface area (Å²) in [6.45, 7) is 9.03. The van der Waals surface area contributed by atoms with Crippen molar-refractivity contribution in [2.45, 2.75) is 53.4 Å². The number of aryl methyl sites for hydroxylation is 4. The van der Waals surface area contributed by atoms with E-state index in [1.807, 2.05) is 0 Å². The molecule has 0 atom stereocenters. The van der Waals surface area contributed by atoms with Crippen molar-refractivity contribution in [1.29, 1.82) is 0 Å². The van der Waals surface area contributed by atoms with Crippen LogP contribution in [0.4, 0.5) is 85.3 Å². The molecule has 0 amide bonds. The zero-order valence-corrected chi connectivity index (χ0v) is 51.8. The van der Waals surface area contributed by atoms with Crippen LogP contribution in [0.5, 0.6) is 0 Å². The number of fused-ring (bicyclic) bond motifs is 8. The second kappa shape index (κ2) is 22.2. The molecule has 0 aromatic heterocycles. The summed E-state index contributed by atoms with van der Waals surface area (Å²) in [6, 6.07) is 103. The van der Waals surface area contributed by atoms with E-state index in [9.17, 15) is 0 Å². The van der Waals surface area contributed by atoms with Crippen LogP contribution in [0.2, 0.25) is 0 Å². The molecule has 0 radical (unpaired) electrons. The fraction of sp³-hybridized carbons (Fsp3) is 0.100. The predicted octanol–water partition coefficient (Wildman–Crippen LogP) is 15.2. The zero-order valence-electron chi connectivity index (χ0n) is 50.1. The fourth-order valence-corrected chi connectivity index (χ4v) is 17.4. The number of rotatable bonds is 13. The van der Waals surface area contributed by atoms with E-state index in [0.29, 0.717) is 0 Å². The SMILES string of the molecule is CCc1ccccc1N(c1cc2c3c(c1)N(c1ccccc1)c1ccccc1B3c1cc3c(cc1[Se]2)N(c1ccccc1)c1cc(N(c2ccccc2CC)c2ccccc2CC)cc2c1B3c1ccccc1N2c1ccccc1)c1ccccc1CC. The van der Waals surface area contributed by atoms with E-state index in [4.69, 9.17) is 0 Å². The maximum atomic E-state index is 2.69. The van der Waals surface area contributed by atoms with Crippen molar-refractivity contribution in [1.82, 2.24) is 0 Å². The van der Waals surface area contributed by atoms with Crippen molar-refractivity contribution >= 4 is 155 Å². The molecule has 422 valence electrons. The molecule has 0 spiro atoms. The zero-order chi connectivity index (χ0) is 59.0. The number of benzene rings is 12. The van der Waals surface area contributed by atoms with Gasteiger partial charge in [-0.05, 0) is 0 Å². The van der Waals surface area contributed by atoms with Gasteiger partial charge in [0.05, 0.1) is 0 Å². The molecular formula is C80H65B2N5Se. The molecule has 0 bridgehead atoms. The third-order valence-corrected chi connectivity index (χ3v) is 21.1. The van der Waals surface area contributed by atoms with E-state index in [1.54, 1.807) is 0 Å². The van der Waals surface area contributed by atoms with Crippen molar-refractivity contribution in [2.24, 2.45) is 0 Å². The molecule has 4 aliphatic heterocycles. The van der Waals surface area contributed by atoms with E-state index in [0.717, 1.165) is 48.4 Å². The Hall–Kier alpha value is -9.71. The van der Waals surface area contributed by atoms with Crippen molar-refractivity contribution in [2.75, 3.05) is 24.5 Å². The first-order valence-corrected chi connectivity index (χ1v) is 33.1. The Kier molecular flexibility index (Phi) is 13.6. The van der Waals surface area contributed by atoms with Crippen LogP contribution in [0.15, 0.2) is 273 Å². The molecule has 4 aliphatic rings. The Balaban J connectivity index is 0.991. The Morgan fingerprint density at radius 1 is 0.284 bits per heavy atom. The van der Waals surface area contributed by atoms with E-state index < -0.39 is 0 Å². The summed E-state index contributed by atoms with van der Waals surface area (Å²) in [5.74, 6) is 0. The van der Waals surface area contributed by atoms with Crippen LogP contribution in [0.3, 0.4) is 0 Å². The monoisotopic (exact) mass is 1200 g/mol. The van der Waals surface area contributed by atoms with Gasteiger partial charge in [-0.3, -0.25) is 0 Å². The second-order valence-corrected chi connectivity index (χ2v) is 25.7. The van der Waals surface area contributed by atoms with Gasteiger partial charge < -0.3 is 0 Å². The van der Waals surface area contributed by atoms with Gasteiger partial charge in [0.2, 0.25) is 0 Å². The normalized spacial score (nSPS) is 13.0. The molecule has 16 rings (SSSR count). The number of hydrogen-bond donors (Lipinski definition) is 0. The first-order chi connectivity index (χ1) is 43.5. The maximum absolute atomic E-state index is 2.69. The standard InChI is InChI=1S/C80H65B2N5Se/c1-5-54-30-18-24-42-67(54)86(68-43-25-19-31-55(68)6-2)61-48-74-79-75(49-61)85(60-38-16-11-17-39-60)73-53-77-66(52-65(73)81(79)63-40-22-28-46-71(63)83(74)58-34-12-9-13-35-58)82-64-41-23-29-47-72(64)84(59-36-14-10-15-37-59)76-50-62(51-78(88-77)80(76)82)87(69-44-26-20-32-56(69)7-3)70-45-27-21-33-57(70)8-4/h9-53H,5-8H2,1-4H3. The molecule has 0 saturated heterocycles. The van der Waals surface area contributed by atoms with Crippen LogP contribution in [0, 0.1) is 0 Å². The molecule has 0 fully saturated rings. The first kappa shape index (κ1) is 53.7. The first-order valence-electron chi connectivity index (χ1n) is 31.4. The summed E-state index contributed by atoms with van der Waals surface area (Å²) in [7, 11) is 0. The van der Waals surface area contributed by atoms with Gasteiger partial charge in [-0.15, -0.1) is 0 Å². The van der Waals surface area contributed by atoms with Crippen molar-refractivity contribution in [3.63, 3.8) is 0 Å². The van der Waals surface area contributed by atoms with Crippen LogP contribution < -0.4 is 66.2 Å². The van der Waals surface area contributed by atoms with Crippen LogP contribution in [0.25, 0.3) is 0 Å². The Labute approximate surface area is 525 Å². The predicted molar refractivity (Wildman–Crippen MR) is 378 cm³/mol. The summed E-state index contributed by atoms with van der Waals surface area (Å²) in [6.07, 6.45) is 3.64. The molecule has 12 aromatic rings. The Bertz CT molecular complexity index is 4570. The number of anilines is 15. The minimum atomic E-state index is -0.120. The topological polar surface area (TPSA) is 16.2 Å². The summed E-state index contributed by atoms with van der Waals surface area (Å²) in [5.41, 5.74) is 31.1. The van der Waals surface area contributed by atoms with E-state index in [1.165, 1.54) is 127 Å². The summed E-state index contributed by atoms with van der Waals surface area (Å²) < 4.78 is 2.82. The third kappa shape index (κ3) is 8.60. The molecule has 0 N–H and O–H groups in total. The van der Waals surface area contributed by atoms with Gasteiger partial charge in [-0.2, -0.15) is 0 Å². The van der Waals surface area contributed by atoms with Gasteiger partial charge in [-0.1, -0.05) is 0 Å². The Morgan fingerprint density at radius 2 is 0.625 bits per heavy atom. The van der Waals surface area contributed by atoms with E-state index in [-0.39, 0.29) is 28.4 Å². The second-order valence-electron chi connectivity index (χ2n) is 23.4. The van der Waals surface area contributed by atoms with Gasteiger partial charge in [0.1, 0.15) is 0 Å². The number of hydrogen-bond acceptors (Lipinski definition) is 5. The molecule has 12 aromatic carbocycles. The molecule has 8 heteroatoms. The van der Waals surface area contributed by atoms with Gasteiger partial charge in [0, 0.05) is 0 Å². The van der Waals surface area contributed by atoms with Crippen LogP contribution >= 0.6 is 0 Å². The van der Waals surface area contributed by atoms with Gasteiger partial charge in [0.15, 0.2) is 0 Å². The quantitative estimate of drug-likeness (QED) is 0.107. The summed E-state index contributed by atoms with van der Waals surface area (Å²) in [4.78, 5) is 12.9. The van der Waals surface area contributed by atoms with Crippen LogP contribution in [-0.4, -0.2) is 28.4 Å².